The number of hydrogen-bond acceptors (Lipinski definition) is 1. The second-order valence-electron chi connectivity index (χ2n) is 6.69. The zero-order valence-electron chi connectivity index (χ0n) is 10.9. The van der Waals surface area contributed by atoms with E-state index in [0.29, 0.717) is 6.10 Å². The summed E-state index contributed by atoms with van der Waals surface area (Å²) >= 11 is 0. The van der Waals surface area contributed by atoms with Gasteiger partial charge in [-0.1, -0.05) is 30.3 Å². The molecule has 4 aliphatic carbocycles. The number of hydrogen-bond donors (Lipinski definition) is 0. The summed E-state index contributed by atoms with van der Waals surface area (Å²) in [7, 11) is 0. The molecule has 4 aliphatic rings. The molecule has 0 amide bonds. The second-order valence-corrected chi connectivity index (χ2v) is 6.69. The first kappa shape index (κ1) is 11.0. The molecule has 0 atom stereocenters. The van der Waals surface area contributed by atoms with Crippen LogP contribution in [0.2, 0.25) is 0 Å². The van der Waals surface area contributed by atoms with Crippen LogP contribution in [0.5, 0.6) is 0 Å². The van der Waals surface area contributed by atoms with Gasteiger partial charge in [0.25, 0.3) is 0 Å². The van der Waals surface area contributed by atoms with Crippen LogP contribution in [-0.4, -0.2) is 6.10 Å². The summed E-state index contributed by atoms with van der Waals surface area (Å²) in [5, 5.41) is 0. The van der Waals surface area contributed by atoms with Gasteiger partial charge in [0.15, 0.2) is 0 Å². The van der Waals surface area contributed by atoms with Crippen LogP contribution in [0.3, 0.4) is 0 Å². The molecular formula is C17H22O. The van der Waals surface area contributed by atoms with Crippen LogP contribution in [-0.2, 0) is 11.3 Å². The van der Waals surface area contributed by atoms with Crippen LogP contribution in [0.1, 0.15) is 37.7 Å². The first-order valence-corrected chi connectivity index (χ1v) is 7.54. The fraction of sp³-hybridized carbons (Fsp3) is 0.647. The zero-order chi connectivity index (χ0) is 11.9. The maximum absolute atomic E-state index is 6.30. The number of benzene rings is 1. The Kier molecular flexibility index (Phi) is 2.69. The van der Waals surface area contributed by atoms with Crippen LogP contribution in [0, 0.1) is 23.7 Å². The van der Waals surface area contributed by atoms with Crippen molar-refractivity contribution in [1.82, 2.24) is 0 Å². The summed E-state index contributed by atoms with van der Waals surface area (Å²) in [5.74, 6) is 3.85. The fourth-order valence-corrected chi connectivity index (χ4v) is 4.91. The van der Waals surface area contributed by atoms with Crippen molar-refractivity contribution in [3.8, 4) is 0 Å². The van der Waals surface area contributed by atoms with E-state index in [0.717, 1.165) is 30.3 Å². The van der Waals surface area contributed by atoms with E-state index in [1.54, 1.807) is 0 Å². The molecule has 0 aromatic heterocycles. The van der Waals surface area contributed by atoms with Crippen molar-refractivity contribution >= 4 is 0 Å². The molecule has 1 heteroatoms. The Balaban J connectivity index is 1.43. The standard InChI is InChI=1S/C17H22O/c1-2-4-12(5-3-1)11-18-17-15-7-13-6-14(9-15)10-16(17)8-13/h1-5,13-17H,6-11H2. The molecule has 96 valence electrons. The third-order valence-corrected chi connectivity index (χ3v) is 5.43. The van der Waals surface area contributed by atoms with Crippen molar-refractivity contribution < 1.29 is 4.74 Å². The van der Waals surface area contributed by atoms with E-state index in [1.165, 1.54) is 37.7 Å². The Morgan fingerprint density at radius 2 is 1.44 bits per heavy atom. The van der Waals surface area contributed by atoms with Gasteiger partial charge in [-0.3, -0.25) is 0 Å². The summed E-state index contributed by atoms with van der Waals surface area (Å²) < 4.78 is 6.30. The average Bonchev–Trinajstić information content (AvgIpc) is 2.38. The van der Waals surface area contributed by atoms with E-state index in [9.17, 15) is 0 Å². The van der Waals surface area contributed by atoms with E-state index < -0.39 is 0 Å². The fourth-order valence-electron chi connectivity index (χ4n) is 4.91. The van der Waals surface area contributed by atoms with Crippen LogP contribution in [0.15, 0.2) is 30.3 Å². The van der Waals surface area contributed by atoms with Gasteiger partial charge in [-0.15, -0.1) is 0 Å². The number of ether oxygens (including phenoxy) is 1. The van der Waals surface area contributed by atoms with Crippen LogP contribution >= 0.6 is 0 Å². The molecule has 0 unspecified atom stereocenters. The van der Waals surface area contributed by atoms with E-state index in [1.807, 2.05) is 0 Å². The predicted octanol–water partition coefficient (Wildman–Crippen LogP) is 4.03. The molecule has 4 fully saturated rings. The lowest BCUT2D eigenvalue weighted by Crippen LogP contribution is -2.49. The second kappa shape index (κ2) is 4.38. The zero-order valence-corrected chi connectivity index (χ0v) is 10.9. The van der Waals surface area contributed by atoms with Crippen molar-refractivity contribution in [1.29, 1.82) is 0 Å². The van der Waals surface area contributed by atoms with Gasteiger partial charge < -0.3 is 4.74 Å². The molecule has 0 N–H and O–H groups in total. The summed E-state index contributed by atoms with van der Waals surface area (Å²) in [6.45, 7) is 0.813. The molecule has 1 aromatic carbocycles. The Hall–Kier alpha value is -0.820. The summed E-state index contributed by atoms with van der Waals surface area (Å²) in [4.78, 5) is 0. The van der Waals surface area contributed by atoms with Crippen molar-refractivity contribution in [2.45, 2.75) is 44.8 Å². The van der Waals surface area contributed by atoms with Gasteiger partial charge in [0.05, 0.1) is 12.7 Å². The Bertz CT molecular complexity index is 383. The van der Waals surface area contributed by atoms with Crippen LogP contribution in [0.4, 0.5) is 0 Å². The van der Waals surface area contributed by atoms with Gasteiger partial charge in [0, 0.05) is 0 Å². The molecule has 5 rings (SSSR count). The lowest BCUT2D eigenvalue weighted by Gasteiger charge is -2.54. The first-order chi connectivity index (χ1) is 8.88. The number of rotatable bonds is 3. The first-order valence-electron chi connectivity index (χ1n) is 7.54. The van der Waals surface area contributed by atoms with Gasteiger partial charge in [0.1, 0.15) is 0 Å². The molecule has 0 heterocycles. The molecule has 4 saturated carbocycles. The molecule has 4 bridgehead atoms. The minimum atomic E-state index is 0.568. The molecule has 0 spiro atoms. The highest BCUT2D eigenvalue weighted by Gasteiger charge is 2.48. The highest BCUT2D eigenvalue weighted by atomic mass is 16.5. The molecular weight excluding hydrogens is 220 g/mol. The van der Waals surface area contributed by atoms with Crippen LogP contribution in [0.25, 0.3) is 0 Å². The third kappa shape index (κ3) is 1.89. The van der Waals surface area contributed by atoms with E-state index >= 15 is 0 Å². The molecule has 18 heavy (non-hydrogen) atoms. The summed E-state index contributed by atoms with van der Waals surface area (Å²) in [5.41, 5.74) is 1.33. The summed E-state index contributed by atoms with van der Waals surface area (Å²) in [6.07, 6.45) is 7.90. The third-order valence-electron chi connectivity index (χ3n) is 5.43. The molecule has 1 aromatic rings. The lowest BCUT2D eigenvalue weighted by molar-refractivity contribution is -0.132. The largest absolute Gasteiger partial charge is 0.373 e. The SMILES string of the molecule is c1ccc(COC2C3CC4CC(C3)CC2C4)cc1. The van der Waals surface area contributed by atoms with Crippen molar-refractivity contribution in [3.05, 3.63) is 35.9 Å². The van der Waals surface area contributed by atoms with Crippen molar-refractivity contribution in [3.63, 3.8) is 0 Å². The van der Waals surface area contributed by atoms with E-state index in [4.69, 9.17) is 4.74 Å². The van der Waals surface area contributed by atoms with Gasteiger partial charge >= 0.3 is 0 Å². The Labute approximate surface area is 110 Å². The van der Waals surface area contributed by atoms with Gasteiger partial charge in [-0.2, -0.15) is 0 Å². The lowest BCUT2D eigenvalue weighted by atomic mass is 9.55. The average molecular weight is 242 g/mol. The minimum absolute atomic E-state index is 0.568. The van der Waals surface area contributed by atoms with Crippen LogP contribution < -0.4 is 0 Å². The predicted molar refractivity (Wildman–Crippen MR) is 72.1 cm³/mol. The maximum atomic E-state index is 6.30. The minimum Gasteiger partial charge on any atom is -0.373 e. The maximum Gasteiger partial charge on any atom is 0.0720 e. The van der Waals surface area contributed by atoms with Gasteiger partial charge in [-0.25, -0.2) is 0 Å². The molecule has 0 radical (unpaired) electrons. The topological polar surface area (TPSA) is 9.23 Å². The van der Waals surface area contributed by atoms with E-state index in [-0.39, 0.29) is 0 Å². The highest BCUT2D eigenvalue weighted by molar-refractivity contribution is 5.13. The van der Waals surface area contributed by atoms with Gasteiger partial charge in [-0.05, 0) is 61.3 Å². The van der Waals surface area contributed by atoms with E-state index in [2.05, 4.69) is 30.3 Å². The van der Waals surface area contributed by atoms with Crippen molar-refractivity contribution in [2.75, 3.05) is 0 Å². The normalized spacial score (nSPS) is 41.2. The molecule has 0 saturated heterocycles. The quantitative estimate of drug-likeness (QED) is 0.777. The smallest absolute Gasteiger partial charge is 0.0720 e. The molecule has 0 aliphatic heterocycles. The monoisotopic (exact) mass is 242 g/mol. The van der Waals surface area contributed by atoms with Gasteiger partial charge in [0.2, 0.25) is 0 Å². The Morgan fingerprint density at radius 3 is 2.06 bits per heavy atom. The molecule has 1 nitrogen and oxygen atoms in total. The highest BCUT2D eigenvalue weighted by Crippen LogP contribution is 2.54. The van der Waals surface area contributed by atoms with Crippen molar-refractivity contribution in [2.24, 2.45) is 23.7 Å². The summed E-state index contributed by atoms with van der Waals surface area (Å²) in [6, 6.07) is 10.6. The Morgan fingerprint density at radius 1 is 0.833 bits per heavy atom.